The summed E-state index contributed by atoms with van der Waals surface area (Å²) in [5.74, 6) is 0.917. The number of aliphatic carboxylic acids is 1. The van der Waals surface area contributed by atoms with Crippen LogP contribution in [0.4, 0.5) is 10.5 Å². The molecular formula is C14H14N2O4. The normalized spacial score (nSPS) is 9.35. The fraction of sp³-hybridized carbons (Fsp3) is 0.214. The lowest BCUT2D eigenvalue weighted by Crippen LogP contribution is -2.34. The Morgan fingerprint density at radius 2 is 2.00 bits per heavy atom. The van der Waals surface area contributed by atoms with E-state index in [9.17, 15) is 14.4 Å². The quantitative estimate of drug-likeness (QED) is 0.710. The zero-order valence-corrected chi connectivity index (χ0v) is 10.7. The monoisotopic (exact) mass is 274 g/mol. The maximum atomic E-state index is 11.5. The van der Waals surface area contributed by atoms with Crippen LogP contribution in [0, 0.1) is 12.3 Å². The number of carbonyl (C=O) groups is 3. The molecule has 0 saturated heterocycles. The fourth-order valence-corrected chi connectivity index (χ4v) is 1.44. The van der Waals surface area contributed by atoms with Gasteiger partial charge in [0.2, 0.25) is 5.91 Å². The summed E-state index contributed by atoms with van der Waals surface area (Å²) in [5.41, 5.74) is 1.08. The summed E-state index contributed by atoms with van der Waals surface area (Å²) < 4.78 is 0. The van der Waals surface area contributed by atoms with Crippen molar-refractivity contribution in [3.63, 3.8) is 0 Å². The molecule has 20 heavy (non-hydrogen) atoms. The SMILES string of the molecule is C#Cc1cccc(NC(=O)NC(=O)CCCC(=O)O)c1. The van der Waals surface area contributed by atoms with Crippen molar-refractivity contribution in [2.24, 2.45) is 0 Å². The third-order valence-electron chi connectivity index (χ3n) is 2.33. The average molecular weight is 274 g/mol. The summed E-state index contributed by atoms with van der Waals surface area (Å²) in [4.78, 5) is 33.1. The van der Waals surface area contributed by atoms with Crippen molar-refractivity contribution in [2.45, 2.75) is 19.3 Å². The average Bonchev–Trinajstić information content (AvgIpc) is 2.38. The number of rotatable bonds is 5. The van der Waals surface area contributed by atoms with Crippen molar-refractivity contribution >= 4 is 23.6 Å². The Kier molecular flexibility index (Phi) is 5.78. The highest BCUT2D eigenvalue weighted by atomic mass is 16.4. The van der Waals surface area contributed by atoms with Gasteiger partial charge in [-0.15, -0.1) is 6.42 Å². The smallest absolute Gasteiger partial charge is 0.325 e. The Morgan fingerprint density at radius 3 is 2.65 bits per heavy atom. The first-order chi connectivity index (χ1) is 9.51. The molecule has 0 aliphatic heterocycles. The van der Waals surface area contributed by atoms with Gasteiger partial charge >= 0.3 is 12.0 Å². The van der Waals surface area contributed by atoms with Crippen molar-refractivity contribution < 1.29 is 19.5 Å². The van der Waals surface area contributed by atoms with Gasteiger partial charge in [0.1, 0.15) is 0 Å². The van der Waals surface area contributed by atoms with Gasteiger partial charge in [-0.1, -0.05) is 12.0 Å². The zero-order valence-electron chi connectivity index (χ0n) is 10.7. The lowest BCUT2D eigenvalue weighted by molar-refractivity contribution is -0.137. The van der Waals surface area contributed by atoms with E-state index < -0.39 is 17.9 Å². The number of anilines is 1. The highest BCUT2D eigenvalue weighted by Crippen LogP contribution is 2.09. The van der Waals surface area contributed by atoms with E-state index in [1.165, 1.54) is 0 Å². The maximum Gasteiger partial charge on any atom is 0.325 e. The van der Waals surface area contributed by atoms with Crippen molar-refractivity contribution in [3.05, 3.63) is 29.8 Å². The van der Waals surface area contributed by atoms with Crippen molar-refractivity contribution in [1.29, 1.82) is 0 Å². The number of carboxylic acid groups (broad SMARTS) is 1. The van der Waals surface area contributed by atoms with E-state index in [-0.39, 0.29) is 19.3 Å². The van der Waals surface area contributed by atoms with Crippen LogP contribution in [0.3, 0.4) is 0 Å². The summed E-state index contributed by atoms with van der Waals surface area (Å²) in [6.07, 6.45) is 5.28. The Bertz CT molecular complexity index is 561. The molecule has 0 heterocycles. The lowest BCUT2D eigenvalue weighted by Gasteiger charge is -2.06. The second kappa shape index (κ2) is 7.59. The molecule has 3 N–H and O–H groups in total. The van der Waals surface area contributed by atoms with Crippen LogP contribution < -0.4 is 10.6 Å². The van der Waals surface area contributed by atoms with Gasteiger partial charge in [-0.3, -0.25) is 14.9 Å². The van der Waals surface area contributed by atoms with Crippen LogP contribution in [0.1, 0.15) is 24.8 Å². The molecule has 0 atom stereocenters. The van der Waals surface area contributed by atoms with Gasteiger partial charge in [-0.05, 0) is 24.6 Å². The van der Waals surface area contributed by atoms with Gasteiger partial charge in [0.05, 0.1) is 0 Å². The Morgan fingerprint density at radius 1 is 1.25 bits per heavy atom. The van der Waals surface area contributed by atoms with E-state index in [0.717, 1.165) is 0 Å². The largest absolute Gasteiger partial charge is 0.481 e. The van der Waals surface area contributed by atoms with E-state index >= 15 is 0 Å². The molecule has 1 rings (SSSR count). The number of terminal acetylenes is 1. The molecular weight excluding hydrogens is 260 g/mol. The number of urea groups is 1. The number of hydrogen-bond donors (Lipinski definition) is 3. The predicted molar refractivity (Wildman–Crippen MR) is 73.0 cm³/mol. The predicted octanol–water partition coefficient (Wildman–Crippen LogP) is 1.57. The number of hydrogen-bond acceptors (Lipinski definition) is 3. The Hall–Kier alpha value is -2.81. The van der Waals surface area contributed by atoms with Crippen LogP contribution in [-0.4, -0.2) is 23.0 Å². The van der Waals surface area contributed by atoms with Gasteiger partial charge in [0.15, 0.2) is 0 Å². The third-order valence-corrected chi connectivity index (χ3v) is 2.33. The van der Waals surface area contributed by atoms with Crippen molar-refractivity contribution in [1.82, 2.24) is 5.32 Å². The zero-order chi connectivity index (χ0) is 15.0. The molecule has 0 unspecified atom stereocenters. The molecule has 0 fully saturated rings. The summed E-state index contributed by atoms with van der Waals surface area (Å²) in [6.45, 7) is 0. The summed E-state index contributed by atoms with van der Waals surface area (Å²) in [5, 5.41) is 13.0. The van der Waals surface area contributed by atoms with Crippen LogP contribution >= 0.6 is 0 Å². The van der Waals surface area contributed by atoms with E-state index in [0.29, 0.717) is 11.3 Å². The Labute approximate surface area is 116 Å². The van der Waals surface area contributed by atoms with Crippen molar-refractivity contribution in [3.8, 4) is 12.3 Å². The van der Waals surface area contributed by atoms with Crippen LogP contribution in [0.15, 0.2) is 24.3 Å². The van der Waals surface area contributed by atoms with Gasteiger partial charge in [0.25, 0.3) is 0 Å². The first kappa shape index (κ1) is 15.2. The Balaban J connectivity index is 2.41. The topological polar surface area (TPSA) is 95.5 Å². The minimum atomic E-state index is -0.978. The van der Waals surface area contributed by atoms with E-state index in [1.54, 1.807) is 24.3 Å². The highest BCUT2D eigenvalue weighted by Gasteiger charge is 2.08. The van der Waals surface area contributed by atoms with Crippen LogP contribution in [0.5, 0.6) is 0 Å². The first-order valence-corrected chi connectivity index (χ1v) is 5.90. The molecule has 0 aliphatic carbocycles. The second-order valence-corrected chi connectivity index (χ2v) is 3.97. The minimum absolute atomic E-state index is 0.0237. The lowest BCUT2D eigenvalue weighted by atomic mass is 10.2. The van der Waals surface area contributed by atoms with Gasteiger partial charge in [-0.2, -0.15) is 0 Å². The fourth-order valence-electron chi connectivity index (χ4n) is 1.44. The number of carboxylic acids is 1. The van der Waals surface area contributed by atoms with Crippen LogP contribution in [0.2, 0.25) is 0 Å². The number of benzene rings is 1. The first-order valence-electron chi connectivity index (χ1n) is 5.90. The minimum Gasteiger partial charge on any atom is -0.481 e. The van der Waals surface area contributed by atoms with Gasteiger partial charge < -0.3 is 10.4 Å². The molecule has 3 amide bonds. The van der Waals surface area contributed by atoms with E-state index in [4.69, 9.17) is 11.5 Å². The number of amides is 3. The standard InChI is InChI=1S/C14H14N2O4/c1-2-10-5-3-6-11(9-10)15-14(20)16-12(17)7-4-8-13(18)19/h1,3,5-6,9H,4,7-8H2,(H,18,19)(H2,15,16,17,20). The summed E-state index contributed by atoms with van der Waals surface area (Å²) in [7, 11) is 0. The molecule has 6 heteroatoms. The molecule has 0 saturated carbocycles. The summed E-state index contributed by atoms with van der Waals surface area (Å²) >= 11 is 0. The molecule has 6 nitrogen and oxygen atoms in total. The molecule has 0 bridgehead atoms. The maximum absolute atomic E-state index is 11.5. The second-order valence-electron chi connectivity index (χ2n) is 3.97. The summed E-state index contributed by atoms with van der Waals surface area (Å²) in [6, 6.07) is 5.93. The number of nitrogens with one attached hydrogen (secondary N) is 2. The van der Waals surface area contributed by atoms with Crippen LogP contribution in [0.25, 0.3) is 0 Å². The molecule has 1 aromatic carbocycles. The van der Waals surface area contributed by atoms with Gasteiger partial charge in [-0.25, -0.2) is 4.79 Å². The molecule has 1 aromatic rings. The highest BCUT2D eigenvalue weighted by molar-refractivity contribution is 6.01. The van der Waals surface area contributed by atoms with E-state index in [1.807, 2.05) is 0 Å². The van der Waals surface area contributed by atoms with Crippen molar-refractivity contribution in [2.75, 3.05) is 5.32 Å². The molecule has 0 aromatic heterocycles. The van der Waals surface area contributed by atoms with Crippen LogP contribution in [-0.2, 0) is 9.59 Å². The molecule has 0 radical (unpaired) electrons. The molecule has 0 spiro atoms. The molecule has 104 valence electrons. The third kappa shape index (κ3) is 5.69. The van der Waals surface area contributed by atoms with Gasteiger partial charge in [0, 0.05) is 24.1 Å². The number of imide groups is 1. The molecule has 0 aliphatic rings. The van der Waals surface area contributed by atoms with E-state index in [2.05, 4.69) is 16.6 Å². The number of carbonyl (C=O) groups excluding carboxylic acids is 2.